The summed E-state index contributed by atoms with van der Waals surface area (Å²) in [7, 11) is 0. The van der Waals surface area contributed by atoms with Gasteiger partial charge >= 0.3 is 6.09 Å². The van der Waals surface area contributed by atoms with Crippen molar-refractivity contribution < 1.29 is 19.7 Å². The van der Waals surface area contributed by atoms with Gasteiger partial charge in [0.15, 0.2) is 0 Å². The number of amides is 1. The van der Waals surface area contributed by atoms with Crippen molar-refractivity contribution in [2.24, 2.45) is 5.92 Å². The lowest BCUT2D eigenvalue weighted by molar-refractivity contribution is 0.0101. The Morgan fingerprint density at radius 2 is 2.13 bits per heavy atom. The van der Waals surface area contributed by atoms with Crippen molar-refractivity contribution in [2.45, 2.75) is 57.9 Å². The Balaban J connectivity index is 1.79. The average Bonchev–Trinajstić information content (AvgIpc) is 3.04. The number of fused-ring (bicyclic) bond motifs is 1. The Morgan fingerprint density at radius 3 is 2.77 bits per heavy atom. The topological polar surface area (TPSA) is 105 Å². The number of aromatic nitrogens is 2. The fourth-order valence-electron chi connectivity index (χ4n) is 3.78. The smallest absolute Gasteiger partial charge is 0.410 e. The summed E-state index contributed by atoms with van der Waals surface area (Å²) >= 11 is 9.45. The summed E-state index contributed by atoms with van der Waals surface area (Å²) in [4.78, 5) is 31.3. The SMILES string of the molecule is CC(C)(C)OC(=O)N1CC[C@H](O)[C@H]1CC(CO)Cn1cnc2cc(Br)c(Cl)cc2c1=O. The summed E-state index contributed by atoms with van der Waals surface area (Å²) < 4.78 is 7.53. The van der Waals surface area contributed by atoms with E-state index >= 15 is 0 Å². The third-order valence-corrected chi connectivity index (χ3v) is 6.49. The van der Waals surface area contributed by atoms with Crippen LogP contribution in [0.4, 0.5) is 4.79 Å². The standard InChI is InChI=1S/C21H27BrClN3O5/c1-21(2,3)31-20(30)26-5-4-18(28)17(26)6-12(10-27)9-25-11-24-16-8-14(22)15(23)7-13(16)19(25)29/h7-8,11-12,17-18,27-28H,4-6,9-10H2,1-3H3/t12?,17-,18+/m1/s1. The Bertz CT molecular complexity index is 1020. The van der Waals surface area contributed by atoms with Crippen molar-refractivity contribution in [1.29, 1.82) is 0 Å². The lowest BCUT2D eigenvalue weighted by Crippen LogP contribution is -2.44. The van der Waals surface area contributed by atoms with Crippen molar-refractivity contribution in [1.82, 2.24) is 14.5 Å². The molecule has 1 aromatic heterocycles. The van der Waals surface area contributed by atoms with Gasteiger partial charge in [-0.1, -0.05) is 11.6 Å². The number of hydrogen-bond donors (Lipinski definition) is 2. The van der Waals surface area contributed by atoms with Crippen molar-refractivity contribution in [2.75, 3.05) is 13.2 Å². The molecule has 2 heterocycles. The van der Waals surface area contributed by atoms with E-state index in [4.69, 9.17) is 16.3 Å². The summed E-state index contributed by atoms with van der Waals surface area (Å²) in [5, 5.41) is 21.2. The Labute approximate surface area is 193 Å². The van der Waals surface area contributed by atoms with Gasteiger partial charge < -0.3 is 19.8 Å². The Hall–Kier alpha value is -1.68. The Kier molecular flexibility index (Phi) is 7.30. The first-order valence-corrected chi connectivity index (χ1v) is 11.3. The van der Waals surface area contributed by atoms with E-state index in [0.29, 0.717) is 39.8 Å². The molecule has 1 unspecified atom stereocenters. The molecule has 2 aromatic rings. The highest BCUT2D eigenvalue weighted by atomic mass is 79.9. The molecule has 170 valence electrons. The van der Waals surface area contributed by atoms with E-state index in [-0.39, 0.29) is 24.6 Å². The normalized spacial score (nSPS) is 20.3. The molecule has 1 aliphatic rings. The minimum absolute atomic E-state index is 0.192. The van der Waals surface area contributed by atoms with Gasteiger partial charge in [0, 0.05) is 30.1 Å². The Morgan fingerprint density at radius 1 is 1.42 bits per heavy atom. The van der Waals surface area contributed by atoms with Crippen LogP contribution in [-0.2, 0) is 11.3 Å². The van der Waals surface area contributed by atoms with Gasteiger partial charge in [-0.25, -0.2) is 9.78 Å². The second kappa shape index (κ2) is 9.44. The number of likely N-dealkylation sites (tertiary alicyclic amines) is 1. The molecule has 0 radical (unpaired) electrons. The van der Waals surface area contributed by atoms with Crippen molar-refractivity contribution in [3.05, 3.63) is 38.3 Å². The maximum atomic E-state index is 12.9. The van der Waals surface area contributed by atoms with Gasteiger partial charge in [-0.15, -0.1) is 0 Å². The molecule has 1 amide bonds. The second-order valence-electron chi connectivity index (χ2n) is 8.87. The fourth-order valence-corrected chi connectivity index (χ4v) is 4.27. The highest BCUT2D eigenvalue weighted by Crippen LogP contribution is 2.28. The van der Waals surface area contributed by atoms with Crippen molar-refractivity contribution in [3.63, 3.8) is 0 Å². The van der Waals surface area contributed by atoms with Crippen molar-refractivity contribution >= 4 is 44.5 Å². The minimum Gasteiger partial charge on any atom is -0.444 e. The predicted octanol–water partition coefficient (Wildman–Crippen LogP) is 3.18. The van der Waals surface area contributed by atoms with E-state index in [0.717, 1.165) is 0 Å². The summed E-state index contributed by atoms with van der Waals surface area (Å²) in [6.45, 7) is 5.71. The molecular weight excluding hydrogens is 490 g/mol. The van der Waals surface area contributed by atoms with Gasteiger partial charge in [-0.3, -0.25) is 9.36 Å². The number of ether oxygens (including phenoxy) is 1. The van der Waals surface area contributed by atoms with E-state index in [1.54, 1.807) is 32.9 Å². The number of rotatable bonds is 5. The first-order valence-electron chi connectivity index (χ1n) is 10.1. The number of nitrogens with zero attached hydrogens (tertiary/aromatic N) is 3. The lowest BCUT2D eigenvalue weighted by atomic mass is 9.97. The molecule has 0 saturated carbocycles. The van der Waals surface area contributed by atoms with Crippen LogP contribution in [0.25, 0.3) is 10.9 Å². The van der Waals surface area contributed by atoms with Gasteiger partial charge in [0.25, 0.3) is 5.56 Å². The lowest BCUT2D eigenvalue weighted by Gasteiger charge is -2.31. The maximum absolute atomic E-state index is 12.9. The number of benzene rings is 1. The van der Waals surface area contributed by atoms with Gasteiger partial charge in [0.2, 0.25) is 0 Å². The molecule has 3 atom stereocenters. The average molecular weight is 517 g/mol. The van der Waals surface area contributed by atoms with E-state index in [2.05, 4.69) is 20.9 Å². The summed E-state index contributed by atoms with van der Waals surface area (Å²) in [5.41, 5.74) is -0.402. The highest BCUT2D eigenvalue weighted by molar-refractivity contribution is 9.10. The van der Waals surface area contributed by atoms with Crippen LogP contribution in [-0.4, -0.2) is 61.7 Å². The van der Waals surface area contributed by atoms with E-state index in [1.165, 1.54) is 15.8 Å². The number of halogens is 2. The molecule has 1 aliphatic heterocycles. The molecule has 3 rings (SSSR count). The maximum Gasteiger partial charge on any atom is 0.410 e. The summed E-state index contributed by atoms with van der Waals surface area (Å²) in [6.07, 6.45) is 0.986. The van der Waals surface area contributed by atoms with Gasteiger partial charge in [0.05, 0.1) is 34.4 Å². The van der Waals surface area contributed by atoms with Crippen LogP contribution in [0, 0.1) is 5.92 Å². The van der Waals surface area contributed by atoms with Gasteiger partial charge in [-0.2, -0.15) is 0 Å². The van der Waals surface area contributed by atoms with Crippen LogP contribution >= 0.6 is 27.5 Å². The van der Waals surface area contributed by atoms with Crippen LogP contribution in [0.3, 0.4) is 0 Å². The third-order valence-electron chi connectivity index (χ3n) is 5.29. The molecule has 31 heavy (non-hydrogen) atoms. The number of aliphatic hydroxyl groups is 2. The minimum atomic E-state index is -0.718. The van der Waals surface area contributed by atoms with Crippen LogP contribution in [0.5, 0.6) is 0 Å². The van der Waals surface area contributed by atoms with Crippen molar-refractivity contribution in [3.8, 4) is 0 Å². The number of aliphatic hydroxyl groups excluding tert-OH is 2. The molecular formula is C21H27BrClN3O5. The molecule has 10 heteroatoms. The number of carbonyl (C=O) groups is 1. The first-order chi connectivity index (χ1) is 14.5. The zero-order valence-corrected chi connectivity index (χ0v) is 20.1. The number of carbonyl (C=O) groups excluding carboxylic acids is 1. The van der Waals surface area contributed by atoms with E-state index in [1.807, 2.05) is 0 Å². The molecule has 0 spiro atoms. The summed E-state index contributed by atoms with van der Waals surface area (Å²) in [5.74, 6) is -0.370. The first kappa shape index (κ1) is 24.0. The van der Waals surface area contributed by atoms with E-state index in [9.17, 15) is 19.8 Å². The zero-order chi connectivity index (χ0) is 22.9. The predicted molar refractivity (Wildman–Crippen MR) is 121 cm³/mol. The quantitative estimate of drug-likeness (QED) is 0.632. The van der Waals surface area contributed by atoms with Crippen LogP contribution in [0.1, 0.15) is 33.6 Å². The molecule has 8 nitrogen and oxygen atoms in total. The zero-order valence-electron chi connectivity index (χ0n) is 17.7. The fraction of sp³-hybridized carbons (Fsp3) is 0.571. The second-order valence-corrected chi connectivity index (χ2v) is 10.1. The van der Waals surface area contributed by atoms with Crippen LogP contribution in [0.15, 0.2) is 27.7 Å². The summed E-state index contributed by atoms with van der Waals surface area (Å²) in [6, 6.07) is 2.74. The highest BCUT2D eigenvalue weighted by Gasteiger charge is 2.39. The van der Waals surface area contributed by atoms with E-state index < -0.39 is 23.8 Å². The third kappa shape index (κ3) is 5.58. The molecule has 1 fully saturated rings. The van der Waals surface area contributed by atoms with Gasteiger partial charge in [0.1, 0.15) is 5.60 Å². The molecule has 0 aliphatic carbocycles. The molecule has 1 aromatic carbocycles. The van der Waals surface area contributed by atoms with Crippen LogP contribution in [0.2, 0.25) is 5.02 Å². The monoisotopic (exact) mass is 515 g/mol. The molecule has 1 saturated heterocycles. The molecule has 0 bridgehead atoms. The number of hydrogen-bond acceptors (Lipinski definition) is 6. The van der Waals surface area contributed by atoms with Gasteiger partial charge in [-0.05, 0) is 61.7 Å². The molecule has 2 N–H and O–H groups in total. The largest absolute Gasteiger partial charge is 0.444 e. The van der Waals surface area contributed by atoms with Crippen LogP contribution < -0.4 is 5.56 Å².